The van der Waals surface area contributed by atoms with Crippen molar-refractivity contribution >= 4 is 0 Å². The van der Waals surface area contributed by atoms with Crippen LogP contribution in [0.15, 0.2) is 0 Å². The Hall–Kier alpha value is -0.980. The first-order valence-corrected chi connectivity index (χ1v) is 7.77. The van der Waals surface area contributed by atoms with E-state index in [1.807, 2.05) is 0 Å². The monoisotopic (exact) mass is 308 g/mol. The second kappa shape index (κ2) is 7.53. The molecule has 1 aromatic carbocycles. The van der Waals surface area contributed by atoms with Gasteiger partial charge in [0.05, 0.1) is 59.5 Å². The lowest BCUT2D eigenvalue weighted by Gasteiger charge is -2.22. The second-order valence-corrected chi connectivity index (χ2v) is 5.66. The maximum Gasteiger partial charge on any atom is 0.0728 e. The van der Waals surface area contributed by atoms with Crippen molar-refractivity contribution in [2.75, 3.05) is 33.5 Å². The minimum absolute atomic E-state index is 0.570. The molecule has 3 rings (SSSR count). The van der Waals surface area contributed by atoms with E-state index in [0.29, 0.717) is 59.5 Å². The predicted molar refractivity (Wildman–Crippen MR) is 80.5 cm³/mol. The van der Waals surface area contributed by atoms with Gasteiger partial charge >= 0.3 is 0 Å². The molecule has 2 bridgehead atoms. The first kappa shape index (κ1) is 15.9. The van der Waals surface area contributed by atoms with Crippen LogP contribution in [-0.4, -0.2) is 33.5 Å². The Morgan fingerprint density at radius 3 is 2.05 bits per heavy atom. The first-order valence-electron chi connectivity index (χ1n) is 7.77. The van der Waals surface area contributed by atoms with Crippen LogP contribution in [-0.2, 0) is 56.7 Å². The van der Waals surface area contributed by atoms with Gasteiger partial charge in [-0.25, -0.2) is 0 Å². The summed E-state index contributed by atoms with van der Waals surface area (Å²) in [7, 11) is 1.73. The topological polar surface area (TPSA) is 46.2 Å². The fourth-order valence-electron chi connectivity index (χ4n) is 3.18. The smallest absolute Gasteiger partial charge is 0.0728 e. The summed E-state index contributed by atoms with van der Waals surface area (Å²) in [6, 6.07) is 0. The quantitative estimate of drug-likeness (QED) is 0.838. The van der Waals surface area contributed by atoms with Gasteiger partial charge in [0, 0.05) is 7.11 Å². The van der Waals surface area contributed by atoms with Crippen molar-refractivity contribution in [3.05, 3.63) is 33.4 Å². The van der Waals surface area contributed by atoms with E-state index in [0.717, 1.165) is 0 Å². The Kier molecular flexibility index (Phi) is 5.44. The number of benzene rings is 1. The molecule has 2 aliphatic heterocycles. The van der Waals surface area contributed by atoms with Crippen LogP contribution in [0.1, 0.15) is 33.4 Å². The van der Waals surface area contributed by atoms with Crippen molar-refractivity contribution < 1.29 is 23.7 Å². The van der Waals surface area contributed by atoms with E-state index in [9.17, 15) is 0 Å². The standard InChI is InChI=1S/C17H24O5/c1-12-13-8-20-5-3-19-4-6-21-10-17(15(13)7-18-2)16-11-22-9-14(12)16/h3-11H2,1-2H3. The summed E-state index contributed by atoms with van der Waals surface area (Å²) in [4.78, 5) is 0. The molecule has 0 radical (unpaired) electrons. The molecule has 122 valence electrons. The van der Waals surface area contributed by atoms with Crippen molar-refractivity contribution in [1.82, 2.24) is 0 Å². The second-order valence-electron chi connectivity index (χ2n) is 5.66. The zero-order valence-electron chi connectivity index (χ0n) is 13.4. The zero-order chi connectivity index (χ0) is 15.4. The summed E-state index contributed by atoms with van der Waals surface area (Å²) in [5, 5.41) is 0. The van der Waals surface area contributed by atoms with Gasteiger partial charge in [0.1, 0.15) is 0 Å². The van der Waals surface area contributed by atoms with Gasteiger partial charge in [-0.2, -0.15) is 0 Å². The molecule has 0 spiro atoms. The number of hydrogen-bond acceptors (Lipinski definition) is 5. The summed E-state index contributed by atoms with van der Waals surface area (Å²) in [5.41, 5.74) is 7.45. The van der Waals surface area contributed by atoms with Crippen molar-refractivity contribution in [3.8, 4) is 0 Å². The first-order chi connectivity index (χ1) is 10.8. The Bertz CT molecular complexity index is 527. The normalized spacial score (nSPS) is 19.4. The van der Waals surface area contributed by atoms with Crippen LogP contribution in [0.4, 0.5) is 0 Å². The molecule has 0 unspecified atom stereocenters. The molecule has 0 amide bonds. The molecule has 2 aliphatic rings. The van der Waals surface area contributed by atoms with Gasteiger partial charge in [0.15, 0.2) is 0 Å². The third kappa shape index (κ3) is 3.19. The third-order valence-electron chi connectivity index (χ3n) is 4.38. The highest BCUT2D eigenvalue weighted by Gasteiger charge is 2.25. The predicted octanol–water partition coefficient (Wildman–Crippen LogP) is 2.24. The Morgan fingerprint density at radius 2 is 1.32 bits per heavy atom. The zero-order valence-corrected chi connectivity index (χ0v) is 13.4. The molecule has 0 fully saturated rings. The van der Waals surface area contributed by atoms with Crippen molar-refractivity contribution in [2.45, 2.75) is 40.0 Å². The summed E-state index contributed by atoms with van der Waals surface area (Å²) in [5.74, 6) is 0. The maximum absolute atomic E-state index is 5.82. The average molecular weight is 308 g/mol. The maximum atomic E-state index is 5.82. The molecule has 0 aliphatic carbocycles. The van der Waals surface area contributed by atoms with Gasteiger partial charge in [-0.05, 0) is 40.3 Å². The fraction of sp³-hybridized carbons (Fsp3) is 0.647. The van der Waals surface area contributed by atoms with Crippen LogP contribution in [0.5, 0.6) is 0 Å². The molecule has 0 saturated heterocycles. The van der Waals surface area contributed by atoms with Gasteiger partial charge in [-0.15, -0.1) is 0 Å². The van der Waals surface area contributed by atoms with Crippen molar-refractivity contribution in [1.29, 1.82) is 0 Å². The van der Waals surface area contributed by atoms with E-state index in [1.54, 1.807) is 7.11 Å². The molecular weight excluding hydrogens is 284 g/mol. The van der Waals surface area contributed by atoms with E-state index in [-0.39, 0.29) is 0 Å². The van der Waals surface area contributed by atoms with E-state index in [4.69, 9.17) is 23.7 Å². The minimum atomic E-state index is 0.570. The van der Waals surface area contributed by atoms with Crippen LogP contribution in [0.2, 0.25) is 0 Å². The molecular formula is C17H24O5. The van der Waals surface area contributed by atoms with Crippen LogP contribution < -0.4 is 0 Å². The fourth-order valence-corrected chi connectivity index (χ4v) is 3.18. The van der Waals surface area contributed by atoms with Crippen LogP contribution in [0.25, 0.3) is 0 Å². The van der Waals surface area contributed by atoms with Crippen molar-refractivity contribution in [2.24, 2.45) is 0 Å². The lowest BCUT2D eigenvalue weighted by atomic mass is 9.89. The van der Waals surface area contributed by atoms with Crippen LogP contribution >= 0.6 is 0 Å². The lowest BCUT2D eigenvalue weighted by molar-refractivity contribution is 0.00394. The minimum Gasteiger partial charge on any atom is -0.380 e. The summed E-state index contributed by atoms with van der Waals surface area (Å²) in [6.45, 7) is 7.58. The van der Waals surface area contributed by atoms with Gasteiger partial charge in [0.2, 0.25) is 0 Å². The van der Waals surface area contributed by atoms with Gasteiger partial charge in [0.25, 0.3) is 0 Å². The molecule has 22 heavy (non-hydrogen) atoms. The van der Waals surface area contributed by atoms with Gasteiger partial charge < -0.3 is 23.7 Å². The molecule has 5 heteroatoms. The highest BCUT2D eigenvalue weighted by Crippen LogP contribution is 2.34. The van der Waals surface area contributed by atoms with E-state index >= 15 is 0 Å². The summed E-state index contributed by atoms with van der Waals surface area (Å²) >= 11 is 0. The Morgan fingerprint density at radius 1 is 0.727 bits per heavy atom. The number of methoxy groups -OCH3 is 1. The molecule has 5 nitrogen and oxygen atoms in total. The van der Waals surface area contributed by atoms with Gasteiger partial charge in [-0.1, -0.05) is 0 Å². The van der Waals surface area contributed by atoms with Crippen LogP contribution in [0.3, 0.4) is 0 Å². The Labute approximate surface area is 131 Å². The largest absolute Gasteiger partial charge is 0.380 e. The lowest BCUT2D eigenvalue weighted by Crippen LogP contribution is -2.16. The molecule has 2 heterocycles. The average Bonchev–Trinajstić information content (AvgIpc) is 2.99. The third-order valence-corrected chi connectivity index (χ3v) is 4.38. The molecule has 0 aromatic heterocycles. The molecule has 0 saturated carbocycles. The highest BCUT2D eigenvalue weighted by atomic mass is 16.5. The SMILES string of the molecule is COCc1c2c(C)c3c(c1COCCOCCOC2)COC3. The highest BCUT2D eigenvalue weighted by molar-refractivity contribution is 5.52. The molecule has 0 atom stereocenters. The van der Waals surface area contributed by atoms with Crippen LogP contribution in [0, 0.1) is 6.92 Å². The Balaban J connectivity index is 2.04. The molecule has 1 aromatic rings. The van der Waals surface area contributed by atoms with Crippen molar-refractivity contribution in [3.63, 3.8) is 0 Å². The molecule has 0 N–H and O–H groups in total. The number of ether oxygens (including phenoxy) is 5. The van der Waals surface area contributed by atoms with E-state index in [2.05, 4.69) is 6.92 Å². The summed E-state index contributed by atoms with van der Waals surface area (Å²) < 4.78 is 28.2. The van der Waals surface area contributed by atoms with E-state index in [1.165, 1.54) is 33.4 Å². The number of hydrogen-bond donors (Lipinski definition) is 0. The summed E-state index contributed by atoms with van der Waals surface area (Å²) in [6.07, 6.45) is 0. The number of rotatable bonds is 2. The van der Waals surface area contributed by atoms with Gasteiger partial charge in [-0.3, -0.25) is 0 Å². The van der Waals surface area contributed by atoms with E-state index < -0.39 is 0 Å². The number of fused-ring (bicyclic) bond motifs is 4.